The van der Waals surface area contributed by atoms with Gasteiger partial charge < -0.3 is 15.0 Å². The number of methoxy groups -OCH3 is 1. The normalized spacial score (nSPS) is 11.9. The molecule has 0 radical (unpaired) electrons. The Balaban J connectivity index is 1.66. The quantitative estimate of drug-likeness (QED) is 0.515. The minimum atomic E-state index is -0.0704. The zero-order chi connectivity index (χ0) is 19.3. The van der Waals surface area contributed by atoms with Gasteiger partial charge in [0.25, 0.3) is 5.91 Å². The lowest BCUT2D eigenvalue weighted by Gasteiger charge is -2.18. The second kappa shape index (κ2) is 8.01. The first-order valence-corrected chi connectivity index (χ1v) is 9.29. The number of nitrogens with one attached hydrogen (secondary N) is 2. The molecule has 2 N–H and O–H groups in total. The highest BCUT2D eigenvalue weighted by Crippen LogP contribution is 2.31. The molecule has 4 rings (SSSR count). The van der Waals surface area contributed by atoms with Crippen LogP contribution in [0.4, 0.5) is 0 Å². The number of hydrogen-bond donors (Lipinski definition) is 2. The number of amides is 1. The van der Waals surface area contributed by atoms with Crippen molar-refractivity contribution in [2.45, 2.75) is 5.92 Å². The van der Waals surface area contributed by atoms with Crippen LogP contribution in [0.1, 0.15) is 27.4 Å². The third-order valence-electron chi connectivity index (χ3n) is 5.02. The van der Waals surface area contributed by atoms with Crippen molar-refractivity contribution < 1.29 is 9.53 Å². The van der Waals surface area contributed by atoms with E-state index in [4.69, 9.17) is 4.74 Å². The Morgan fingerprint density at radius 1 is 0.964 bits per heavy atom. The average Bonchev–Trinajstić information content (AvgIpc) is 3.19. The highest BCUT2D eigenvalue weighted by Gasteiger charge is 2.19. The first-order chi connectivity index (χ1) is 13.8. The van der Waals surface area contributed by atoms with Crippen molar-refractivity contribution in [1.82, 2.24) is 10.3 Å². The second-order valence-electron chi connectivity index (χ2n) is 6.69. The Kier molecular flexibility index (Phi) is 5.11. The average molecular weight is 370 g/mol. The van der Waals surface area contributed by atoms with Gasteiger partial charge in [-0.3, -0.25) is 4.79 Å². The fourth-order valence-corrected chi connectivity index (χ4v) is 3.51. The number of aromatic amines is 1. The molecule has 4 heteroatoms. The second-order valence-corrected chi connectivity index (χ2v) is 6.69. The molecule has 0 aliphatic carbocycles. The maximum atomic E-state index is 12.6. The van der Waals surface area contributed by atoms with E-state index in [0.29, 0.717) is 12.1 Å². The number of aromatic nitrogens is 1. The van der Waals surface area contributed by atoms with Gasteiger partial charge in [-0.25, -0.2) is 0 Å². The molecule has 4 aromatic rings. The van der Waals surface area contributed by atoms with E-state index in [-0.39, 0.29) is 11.8 Å². The summed E-state index contributed by atoms with van der Waals surface area (Å²) in [5, 5.41) is 4.26. The van der Waals surface area contributed by atoms with Crippen LogP contribution < -0.4 is 10.1 Å². The molecule has 0 spiro atoms. The molecule has 0 aliphatic rings. The van der Waals surface area contributed by atoms with E-state index in [9.17, 15) is 4.79 Å². The lowest BCUT2D eigenvalue weighted by Crippen LogP contribution is -2.28. The van der Waals surface area contributed by atoms with Gasteiger partial charge in [-0.15, -0.1) is 0 Å². The fourth-order valence-electron chi connectivity index (χ4n) is 3.51. The smallest absolute Gasteiger partial charge is 0.251 e. The Labute approximate surface area is 164 Å². The molecule has 0 unspecified atom stereocenters. The molecular weight excluding hydrogens is 348 g/mol. The van der Waals surface area contributed by atoms with E-state index in [1.807, 2.05) is 60.8 Å². The van der Waals surface area contributed by atoms with Gasteiger partial charge in [0.05, 0.1) is 7.11 Å². The summed E-state index contributed by atoms with van der Waals surface area (Å²) in [5.74, 6) is 0.767. The number of hydrogen-bond acceptors (Lipinski definition) is 2. The Morgan fingerprint density at radius 2 is 1.68 bits per heavy atom. The summed E-state index contributed by atoms with van der Waals surface area (Å²) in [7, 11) is 1.66. The van der Waals surface area contributed by atoms with Crippen LogP contribution in [0, 0.1) is 0 Å². The third kappa shape index (κ3) is 3.62. The van der Waals surface area contributed by atoms with Crippen molar-refractivity contribution in [3.8, 4) is 5.75 Å². The van der Waals surface area contributed by atoms with Crippen molar-refractivity contribution in [3.63, 3.8) is 0 Å². The monoisotopic (exact) mass is 370 g/mol. The molecule has 0 saturated carbocycles. The topological polar surface area (TPSA) is 54.1 Å². The summed E-state index contributed by atoms with van der Waals surface area (Å²) in [6, 6.07) is 25.5. The van der Waals surface area contributed by atoms with E-state index in [1.165, 1.54) is 0 Å². The van der Waals surface area contributed by atoms with Crippen LogP contribution in [-0.4, -0.2) is 24.5 Å². The molecule has 0 bridgehead atoms. The van der Waals surface area contributed by atoms with Gasteiger partial charge in [0.1, 0.15) is 5.75 Å². The van der Waals surface area contributed by atoms with Crippen LogP contribution >= 0.6 is 0 Å². The van der Waals surface area contributed by atoms with Gasteiger partial charge in [0.15, 0.2) is 0 Å². The fraction of sp³-hybridized carbons (Fsp3) is 0.125. The van der Waals surface area contributed by atoms with Crippen molar-refractivity contribution in [1.29, 1.82) is 0 Å². The van der Waals surface area contributed by atoms with Crippen LogP contribution in [0.2, 0.25) is 0 Å². The minimum absolute atomic E-state index is 0.0229. The highest BCUT2D eigenvalue weighted by atomic mass is 16.5. The maximum absolute atomic E-state index is 12.6. The Bertz CT molecular complexity index is 1070. The molecule has 3 aromatic carbocycles. The number of ether oxygens (including phenoxy) is 1. The van der Waals surface area contributed by atoms with Gasteiger partial charge in [-0.2, -0.15) is 0 Å². The molecule has 1 heterocycles. The summed E-state index contributed by atoms with van der Waals surface area (Å²) in [6.45, 7) is 0.502. The van der Waals surface area contributed by atoms with Crippen LogP contribution in [-0.2, 0) is 0 Å². The molecule has 1 amide bonds. The number of carbonyl (C=O) groups excluding carboxylic acids is 1. The number of H-pyrrole nitrogens is 1. The molecule has 28 heavy (non-hydrogen) atoms. The standard InChI is InChI=1S/C24H22N2O2/c1-28-19-13-11-17(12-14-19)21(15-26-24(27)18-7-3-2-4-8-18)22-16-25-23-10-6-5-9-20(22)23/h2-14,16,21,25H,15H2,1H3,(H,26,27)/t21-/m0/s1. The van der Waals surface area contributed by atoms with Crippen molar-refractivity contribution in [2.24, 2.45) is 0 Å². The van der Waals surface area contributed by atoms with Crippen molar-refractivity contribution in [3.05, 3.63) is 102 Å². The summed E-state index contributed by atoms with van der Waals surface area (Å²) in [6.07, 6.45) is 2.04. The van der Waals surface area contributed by atoms with Crippen LogP contribution in [0.15, 0.2) is 85.1 Å². The predicted molar refractivity (Wildman–Crippen MR) is 112 cm³/mol. The molecule has 1 atom stereocenters. The molecule has 4 nitrogen and oxygen atoms in total. The minimum Gasteiger partial charge on any atom is -0.497 e. The summed E-state index contributed by atoms with van der Waals surface area (Å²) in [4.78, 5) is 15.9. The maximum Gasteiger partial charge on any atom is 0.251 e. The third-order valence-corrected chi connectivity index (χ3v) is 5.02. The largest absolute Gasteiger partial charge is 0.497 e. The summed E-state index contributed by atoms with van der Waals surface area (Å²) >= 11 is 0. The van der Waals surface area contributed by atoms with Gasteiger partial charge in [-0.05, 0) is 41.5 Å². The number of para-hydroxylation sites is 1. The number of carbonyl (C=O) groups is 1. The Morgan fingerprint density at radius 3 is 2.43 bits per heavy atom. The van der Waals surface area contributed by atoms with Crippen LogP contribution in [0.25, 0.3) is 10.9 Å². The molecule has 140 valence electrons. The molecular formula is C24H22N2O2. The molecule has 1 aromatic heterocycles. The number of benzene rings is 3. The van der Waals surface area contributed by atoms with E-state index >= 15 is 0 Å². The van der Waals surface area contributed by atoms with Gasteiger partial charge in [-0.1, -0.05) is 48.5 Å². The van der Waals surface area contributed by atoms with E-state index in [2.05, 4.69) is 34.6 Å². The van der Waals surface area contributed by atoms with Crippen LogP contribution in [0.5, 0.6) is 5.75 Å². The number of rotatable bonds is 6. The molecule has 0 fully saturated rings. The van der Waals surface area contributed by atoms with E-state index in [1.54, 1.807) is 7.11 Å². The summed E-state index contributed by atoms with van der Waals surface area (Å²) < 4.78 is 5.29. The lowest BCUT2D eigenvalue weighted by atomic mass is 9.90. The van der Waals surface area contributed by atoms with E-state index in [0.717, 1.165) is 27.8 Å². The summed E-state index contributed by atoms with van der Waals surface area (Å²) in [5.41, 5.74) is 4.04. The SMILES string of the molecule is COc1ccc([C@H](CNC(=O)c2ccccc2)c2c[nH]c3ccccc23)cc1. The zero-order valence-corrected chi connectivity index (χ0v) is 15.7. The molecule has 0 saturated heterocycles. The van der Waals surface area contributed by atoms with Gasteiger partial charge in [0.2, 0.25) is 0 Å². The Hall–Kier alpha value is -3.53. The van der Waals surface area contributed by atoms with Crippen LogP contribution in [0.3, 0.4) is 0 Å². The van der Waals surface area contributed by atoms with Gasteiger partial charge >= 0.3 is 0 Å². The predicted octanol–water partition coefficient (Wildman–Crippen LogP) is 4.74. The lowest BCUT2D eigenvalue weighted by molar-refractivity contribution is 0.0952. The van der Waals surface area contributed by atoms with E-state index < -0.39 is 0 Å². The van der Waals surface area contributed by atoms with Crippen molar-refractivity contribution in [2.75, 3.05) is 13.7 Å². The number of fused-ring (bicyclic) bond motifs is 1. The highest BCUT2D eigenvalue weighted by molar-refractivity contribution is 5.94. The first kappa shape index (κ1) is 17.9. The zero-order valence-electron chi connectivity index (χ0n) is 15.7. The molecule has 0 aliphatic heterocycles. The van der Waals surface area contributed by atoms with Gasteiger partial charge in [0, 0.05) is 35.1 Å². The first-order valence-electron chi connectivity index (χ1n) is 9.29. The van der Waals surface area contributed by atoms with Crippen molar-refractivity contribution >= 4 is 16.8 Å².